The van der Waals surface area contributed by atoms with Gasteiger partial charge < -0.3 is 9.80 Å². The summed E-state index contributed by atoms with van der Waals surface area (Å²) < 4.78 is 0. The Morgan fingerprint density at radius 1 is 0.968 bits per heavy atom. The van der Waals surface area contributed by atoms with Crippen LogP contribution in [0.5, 0.6) is 0 Å². The molecule has 2 unspecified atom stereocenters. The number of carbonyl (C=O) groups is 2. The van der Waals surface area contributed by atoms with E-state index in [2.05, 4.69) is 40.6 Å². The summed E-state index contributed by atoms with van der Waals surface area (Å²) in [6.45, 7) is 11.2. The van der Waals surface area contributed by atoms with Gasteiger partial charge in [0.1, 0.15) is 0 Å². The summed E-state index contributed by atoms with van der Waals surface area (Å²) in [7, 11) is 0. The Morgan fingerprint density at radius 3 is 2.26 bits per heavy atom. The number of hydrogen-bond donors (Lipinski definition) is 0. The van der Waals surface area contributed by atoms with E-state index in [1.807, 2.05) is 54.9 Å². The molecular weight excluding hydrogens is 406 g/mol. The van der Waals surface area contributed by atoms with Gasteiger partial charge in [0.15, 0.2) is 0 Å². The second kappa shape index (κ2) is 8.75. The zero-order valence-electron chi connectivity index (χ0n) is 19.0. The highest BCUT2D eigenvalue weighted by Gasteiger charge is 2.38. The topological polar surface area (TPSA) is 43.9 Å². The Kier molecular flexibility index (Phi) is 6.22. The lowest BCUT2D eigenvalue weighted by molar-refractivity contribution is -0.147. The van der Waals surface area contributed by atoms with Gasteiger partial charge in [0.05, 0.1) is 12.1 Å². The lowest BCUT2D eigenvalue weighted by atomic mass is 9.91. The second-order valence-electron chi connectivity index (χ2n) is 9.64. The molecule has 1 saturated heterocycles. The highest BCUT2D eigenvalue weighted by Crippen LogP contribution is 2.39. The van der Waals surface area contributed by atoms with E-state index in [1.54, 1.807) is 0 Å². The van der Waals surface area contributed by atoms with Crippen molar-refractivity contribution in [2.45, 2.75) is 46.2 Å². The monoisotopic (exact) mass is 439 g/mol. The SMILES string of the molecule is CC(C(=O)N1CCN(C(=O)C(C)(C)C)CC1)N1CCc2sccc2C1c1ccccc1. The van der Waals surface area contributed by atoms with E-state index < -0.39 is 0 Å². The molecule has 1 aromatic carbocycles. The summed E-state index contributed by atoms with van der Waals surface area (Å²) in [5, 5.41) is 2.17. The quantitative estimate of drug-likeness (QED) is 0.731. The Morgan fingerprint density at radius 2 is 1.61 bits per heavy atom. The van der Waals surface area contributed by atoms with Crippen LogP contribution in [-0.4, -0.2) is 65.3 Å². The number of benzene rings is 1. The van der Waals surface area contributed by atoms with Crippen molar-refractivity contribution in [3.8, 4) is 0 Å². The predicted molar refractivity (Wildman–Crippen MR) is 125 cm³/mol. The van der Waals surface area contributed by atoms with Gasteiger partial charge in [-0.2, -0.15) is 0 Å². The van der Waals surface area contributed by atoms with Gasteiger partial charge in [-0.1, -0.05) is 51.1 Å². The normalized spacial score (nSPS) is 21.0. The Hall–Kier alpha value is -2.18. The first-order valence-electron chi connectivity index (χ1n) is 11.2. The number of thiophene rings is 1. The van der Waals surface area contributed by atoms with Gasteiger partial charge in [-0.3, -0.25) is 14.5 Å². The van der Waals surface area contributed by atoms with Crippen molar-refractivity contribution in [3.05, 3.63) is 57.8 Å². The van der Waals surface area contributed by atoms with Gasteiger partial charge in [-0.05, 0) is 35.9 Å². The molecule has 2 amide bonds. The lowest BCUT2D eigenvalue weighted by Gasteiger charge is -2.43. The van der Waals surface area contributed by atoms with Crippen molar-refractivity contribution >= 4 is 23.2 Å². The van der Waals surface area contributed by atoms with Gasteiger partial charge in [0.25, 0.3) is 0 Å². The van der Waals surface area contributed by atoms with E-state index in [4.69, 9.17) is 0 Å². The molecule has 2 aromatic rings. The average molecular weight is 440 g/mol. The van der Waals surface area contributed by atoms with Gasteiger partial charge >= 0.3 is 0 Å². The predicted octanol–water partition coefficient (Wildman–Crippen LogP) is 3.80. The van der Waals surface area contributed by atoms with Gasteiger partial charge in [-0.25, -0.2) is 0 Å². The number of rotatable bonds is 3. The molecule has 5 nitrogen and oxygen atoms in total. The molecule has 166 valence electrons. The molecule has 0 saturated carbocycles. The fraction of sp³-hybridized carbons (Fsp3) is 0.520. The number of carbonyl (C=O) groups excluding carboxylic acids is 2. The van der Waals surface area contributed by atoms with Crippen LogP contribution in [0.25, 0.3) is 0 Å². The van der Waals surface area contributed by atoms with E-state index >= 15 is 0 Å². The van der Waals surface area contributed by atoms with Crippen LogP contribution in [0.3, 0.4) is 0 Å². The van der Waals surface area contributed by atoms with Crippen LogP contribution >= 0.6 is 11.3 Å². The van der Waals surface area contributed by atoms with Crippen LogP contribution in [0.1, 0.15) is 49.7 Å². The molecule has 0 spiro atoms. The molecule has 3 heterocycles. The number of hydrogen-bond acceptors (Lipinski definition) is 4. The summed E-state index contributed by atoms with van der Waals surface area (Å²) in [6, 6.07) is 12.6. The van der Waals surface area contributed by atoms with Gasteiger partial charge in [-0.15, -0.1) is 11.3 Å². The fourth-order valence-corrected chi connectivity index (χ4v) is 5.67. The molecule has 4 rings (SSSR count). The Balaban J connectivity index is 1.49. The third kappa shape index (κ3) is 4.41. The lowest BCUT2D eigenvalue weighted by Crippen LogP contribution is -2.57. The molecule has 1 fully saturated rings. The van der Waals surface area contributed by atoms with Crippen molar-refractivity contribution in [2.24, 2.45) is 5.41 Å². The Bertz CT molecular complexity index is 926. The number of fused-ring (bicyclic) bond motifs is 1. The third-order valence-electron chi connectivity index (χ3n) is 6.49. The van der Waals surface area contributed by atoms with Crippen LogP contribution in [0.2, 0.25) is 0 Å². The first kappa shape index (κ1) is 22.0. The highest BCUT2D eigenvalue weighted by atomic mass is 32.1. The molecule has 31 heavy (non-hydrogen) atoms. The molecule has 1 aromatic heterocycles. The maximum absolute atomic E-state index is 13.5. The minimum atomic E-state index is -0.381. The molecule has 2 aliphatic heterocycles. The van der Waals surface area contributed by atoms with E-state index in [0.717, 1.165) is 13.0 Å². The van der Waals surface area contributed by atoms with Crippen molar-refractivity contribution < 1.29 is 9.59 Å². The summed E-state index contributed by atoms with van der Waals surface area (Å²) in [6.07, 6.45) is 0.988. The number of nitrogens with zero attached hydrogens (tertiary/aromatic N) is 3. The van der Waals surface area contributed by atoms with Gasteiger partial charge in [0, 0.05) is 43.0 Å². The van der Waals surface area contributed by atoms with E-state index in [0.29, 0.717) is 26.2 Å². The summed E-state index contributed by atoms with van der Waals surface area (Å²) in [5.41, 5.74) is 2.19. The second-order valence-corrected chi connectivity index (χ2v) is 10.6. The molecule has 0 bridgehead atoms. The van der Waals surface area contributed by atoms with Crippen LogP contribution in [0.4, 0.5) is 0 Å². The van der Waals surface area contributed by atoms with Crippen LogP contribution in [-0.2, 0) is 16.0 Å². The van der Waals surface area contributed by atoms with Crippen LogP contribution in [0.15, 0.2) is 41.8 Å². The fourth-order valence-electron chi connectivity index (χ4n) is 4.77. The minimum absolute atomic E-state index is 0.110. The van der Waals surface area contributed by atoms with Crippen molar-refractivity contribution in [2.75, 3.05) is 32.7 Å². The molecule has 2 atom stereocenters. The summed E-state index contributed by atoms with van der Waals surface area (Å²) in [4.78, 5) is 33.7. The molecule has 6 heteroatoms. The van der Waals surface area contributed by atoms with Gasteiger partial charge in [0.2, 0.25) is 11.8 Å². The average Bonchev–Trinajstić information content (AvgIpc) is 3.26. The molecule has 0 N–H and O–H groups in total. The molecule has 0 radical (unpaired) electrons. The maximum atomic E-state index is 13.5. The van der Waals surface area contributed by atoms with Crippen LogP contribution in [0, 0.1) is 5.41 Å². The first-order valence-corrected chi connectivity index (χ1v) is 12.1. The number of amides is 2. The van der Waals surface area contributed by atoms with E-state index in [1.165, 1.54) is 16.0 Å². The standard InChI is InChI=1S/C25H33N3O2S/c1-18(23(29)26-13-15-27(16-14-26)24(30)25(2,3)4)28-12-10-21-20(11-17-31-21)22(28)19-8-6-5-7-9-19/h5-9,11,17-18,22H,10,12-16H2,1-4H3. The highest BCUT2D eigenvalue weighted by molar-refractivity contribution is 7.10. The van der Waals surface area contributed by atoms with Crippen molar-refractivity contribution in [3.63, 3.8) is 0 Å². The largest absolute Gasteiger partial charge is 0.339 e. The van der Waals surface area contributed by atoms with Crippen molar-refractivity contribution in [1.82, 2.24) is 14.7 Å². The summed E-state index contributed by atoms with van der Waals surface area (Å²) in [5.74, 6) is 0.334. The third-order valence-corrected chi connectivity index (χ3v) is 7.49. The van der Waals surface area contributed by atoms with E-state index in [-0.39, 0.29) is 29.3 Å². The first-order chi connectivity index (χ1) is 14.8. The number of piperazine rings is 1. The summed E-state index contributed by atoms with van der Waals surface area (Å²) >= 11 is 1.82. The zero-order valence-corrected chi connectivity index (χ0v) is 19.8. The molecule has 2 aliphatic rings. The Labute approximate surface area is 189 Å². The van der Waals surface area contributed by atoms with Crippen molar-refractivity contribution in [1.29, 1.82) is 0 Å². The molecular formula is C25H33N3O2S. The zero-order chi connectivity index (χ0) is 22.2. The van der Waals surface area contributed by atoms with Crippen LogP contribution < -0.4 is 0 Å². The van der Waals surface area contributed by atoms with E-state index in [9.17, 15) is 9.59 Å². The smallest absolute Gasteiger partial charge is 0.239 e. The minimum Gasteiger partial charge on any atom is -0.339 e. The molecule has 0 aliphatic carbocycles. The maximum Gasteiger partial charge on any atom is 0.239 e.